The fourth-order valence-corrected chi connectivity index (χ4v) is 3.08. The van der Waals surface area contributed by atoms with Gasteiger partial charge in [-0.05, 0) is 30.5 Å². The van der Waals surface area contributed by atoms with Crippen LogP contribution >= 0.6 is 15.9 Å². The quantitative estimate of drug-likeness (QED) is 0.875. The van der Waals surface area contributed by atoms with E-state index in [2.05, 4.69) is 20.9 Å². The van der Waals surface area contributed by atoms with Crippen molar-refractivity contribution in [3.05, 3.63) is 27.9 Å². The van der Waals surface area contributed by atoms with Gasteiger partial charge < -0.3 is 9.72 Å². The van der Waals surface area contributed by atoms with Gasteiger partial charge in [0.2, 0.25) is 0 Å². The molecule has 0 saturated carbocycles. The molecule has 0 aliphatic heterocycles. The number of ether oxygens (including phenoxy) is 1. The topological polar surface area (TPSA) is 42.1 Å². The first kappa shape index (κ1) is 10.8. The summed E-state index contributed by atoms with van der Waals surface area (Å²) in [5.41, 5.74) is 2.81. The van der Waals surface area contributed by atoms with Crippen molar-refractivity contribution in [2.75, 3.05) is 7.11 Å². The predicted octanol–water partition coefficient (Wildman–Crippen LogP) is 3.46. The zero-order valence-corrected chi connectivity index (χ0v) is 11.1. The van der Waals surface area contributed by atoms with Gasteiger partial charge >= 0.3 is 0 Å². The highest BCUT2D eigenvalue weighted by molar-refractivity contribution is 9.10. The van der Waals surface area contributed by atoms with Crippen LogP contribution in [0.5, 0.6) is 5.75 Å². The van der Waals surface area contributed by atoms with Crippen LogP contribution in [0.1, 0.15) is 28.9 Å². The summed E-state index contributed by atoms with van der Waals surface area (Å²) < 4.78 is 6.35. The van der Waals surface area contributed by atoms with Gasteiger partial charge in [-0.2, -0.15) is 0 Å². The Morgan fingerprint density at radius 1 is 1.35 bits per heavy atom. The summed E-state index contributed by atoms with van der Waals surface area (Å²) in [5.74, 6) is 0.988. The van der Waals surface area contributed by atoms with Gasteiger partial charge in [-0.25, -0.2) is 0 Å². The number of rotatable bonds is 1. The highest BCUT2D eigenvalue weighted by Crippen LogP contribution is 2.38. The zero-order valence-electron chi connectivity index (χ0n) is 9.47. The van der Waals surface area contributed by atoms with Gasteiger partial charge in [0.25, 0.3) is 0 Å². The molecule has 0 bridgehead atoms. The van der Waals surface area contributed by atoms with Crippen molar-refractivity contribution in [2.24, 2.45) is 0 Å². The Balaban J connectivity index is 2.40. The van der Waals surface area contributed by atoms with Crippen molar-refractivity contribution in [1.29, 1.82) is 0 Å². The van der Waals surface area contributed by atoms with E-state index in [1.807, 2.05) is 12.1 Å². The van der Waals surface area contributed by atoms with Crippen molar-refractivity contribution in [2.45, 2.75) is 19.3 Å². The van der Waals surface area contributed by atoms with Crippen LogP contribution in [0.25, 0.3) is 10.9 Å². The number of benzene rings is 1. The number of hydrogen-bond acceptors (Lipinski definition) is 2. The Morgan fingerprint density at radius 2 is 2.18 bits per heavy atom. The lowest BCUT2D eigenvalue weighted by Crippen LogP contribution is -2.09. The number of ketones is 1. The molecule has 17 heavy (non-hydrogen) atoms. The molecule has 0 saturated heterocycles. The number of carbonyl (C=O) groups excluding carboxylic acids is 1. The van der Waals surface area contributed by atoms with Crippen molar-refractivity contribution in [3.8, 4) is 5.75 Å². The molecule has 1 aliphatic carbocycles. The summed E-state index contributed by atoms with van der Waals surface area (Å²) in [5, 5.41) is 1.09. The van der Waals surface area contributed by atoms with Crippen molar-refractivity contribution in [3.63, 3.8) is 0 Å². The van der Waals surface area contributed by atoms with E-state index >= 15 is 0 Å². The molecule has 0 amide bonds. The van der Waals surface area contributed by atoms with E-state index in [1.165, 1.54) is 0 Å². The molecular formula is C13H12BrNO2. The largest absolute Gasteiger partial charge is 0.495 e. The summed E-state index contributed by atoms with van der Waals surface area (Å²) in [6.07, 6.45) is 2.52. The van der Waals surface area contributed by atoms with E-state index in [0.29, 0.717) is 6.42 Å². The fraction of sp³-hybridized carbons (Fsp3) is 0.308. The van der Waals surface area contributed by atoms with E-state index in [9.17, 15) is 4.79 Å². The maximum absolute atomic E-state index is 11.9. The van der Waals surface area contributed by atoms with Crippen molar-refractivity contribution >= 4 is 32.6 Å². The number of fused-ring (bicyclic) bond motifs is 3. The number of aromatic amines is 1. The van der Waals surface area contributed by atoms with Crippen molar-refractivity contribution in [1.82, 2.24) is 4.98 Å². The van der Waals surface area contributed by atoms with E-state index < -0.39 is 0 Å². The lowest BCUT2D eigenvalue weighted by atomic mass is 9.95. The molecule has 4 heteroatoms. The molecule has 0 atom stereocenters. The van der Waals surface area contributed by atoms with E-state index in [-0.39, 0.29) is 5.78 Å². The molecule has 1 aliphatic rings. The average Bonchev–Trinajstić information content (AvgIpc) is 2.71. The SMILES string of the molecule is COc1ccc(Br)c2c3c([nH]c12)C(=O)CCC3. The highest BCUT2D eigenvalue weighted by Gasteiger charge is 2.24. The standard InChI is InChI=1S/C13H12BrNO2/c1-17-10-6-5-8(14)11-7-3-2-4-9(16)12(7)15-13(10)11/h5-6,15H,2-4H2,1H3. The monoisotopic (exact) mass is 293 g/mol. The second-order valence-electron chi connectivity index (χ2n) is 4.25. The molecule has 88 valence electrons. The number of hydrogen-bond donors (Lipinski definition) is 1. The number of carbonyl (C=O) groups is 1. The third-order valence-corrected chi connectivity index (χ3v) is 3.96. The van der Waals surface area contributed by atoms with Gasteiger partial charge in [-0.1, -0.05) is 15.9 Å². The molecule has 0 spiro atoms. The lowest BCUT2D eigenvalue weighted by Gasteiger charge is -2.10. The molecule has 0 fully saturated rings. The Hall–Kier alpha value is -1.29. The van der Waals surface area contributed by atoms with Gasteiger partial charge in [-0.15, -0.1) is 0 Å². The van der Waals surface area contributed by atoms with Crippen LogP contribution < -0.4 is 4.74 Å². The Labute approximate surface area is 107 Å². The minimum Gasteiger partial charge on any atom is -0.495 e. The first-order chi connectivity index (χ1) is 8.22. The summed E-state index contributed by atoms with van der Waals surface area (Å²) in [6.45, 7) is 0. The zero-order chi connectivity index (χ0) is 12.0. The minimum atomic E-state index is 0.205. The van der Waals surface area contributed by atoms with Crippen LogP contribution in [0.15, 0.2) is 16.6 Å². The second-order valence-corrected chi connectivity index (χ2v) is 5.11. The number of methoxy groups -OCH3 is 1. The lowest BCUT2D eigenvalue weighted by molar-refractivity contribution is 0.0968. The van der Waals surface area contributed by atoms with Gasteiger partial charge in [0.15, 0.2) is 5.78 Å². The highest BCUT2D eigenvalue weighted by atomic mass is 79.9. The van der Waals surface area contributed by atoms with E-state index in [0.717, 1.165) is 45.2 Å². The van der Waals surface area contributed by atoms with Crippen molar-refractivity contribution < 1.29 is 9.53 Å². The predicted molar refractivity (Wildman–Crippen MR) is 69.8 cm³/mol. The molecule has 3 nitrogen and oxygen atoms in total. The van der Waals surface area contributed by atoms with Crippen LogP contribution in [0.4, 0.5) is 0 Å². The number of aryl methyl sites for hydroxylation is 1. The number of halogens is 1. The number of H-pyrrole nitrogens is 1. The normalized spacial score (nSPS) is 15.1. The molecule has 0 radical (unpaired) electrons. The second kappa shape index (κ2) is 3.88. The van der Waals surface area contributed by atoms with Crippen LogP contribution in [0.3, 0.4) is 0 Å². The summed E-state index contributed by atoms with van der Waals surface area (Å²) in [7, 11) is 1.64. The molecule has 1 N–H and O–H groups in total. The number of Topliss-reactive ketones (excluding diaryl/α,β-unsaturated/α-hetero) is 1. The molecule has 0 unspecified atom stereocenters. The van der Waals surface area contributed by atoms with Crippen LogP contribution in [-0.2, 0) is 6.42 Å². The van der Waals surface area contributed by atoms with Gasteiger partial charge in [-0.3, -0.25) is 4.79 Å². The Kier molecular flexibility index (Phi) is 2.47. The maximum Gasteiger partial charge on any atom is 0.179 e. The first-order valence-electron chi connectivity index (χ1n) is 5.62. The smallest absolute Gasteiger partial charge is 0.179 e. The van der Waals surface area contributed by atoms with E-state index in [1.54, 1.807) is 7.11 Å². The van der Waals surface area contributed by atoms with Crippen LogP contribution in [0.2, 0.25) is 0 Å². The fourth-order valence-electron chi connectivity index (χ4n) is 2.51. The third kappa shape index (κ3) is 1.51. The Bertz CT molecular complexity index is 615. The van der Waals surface area contributed by atoms with Crippen LogP contribution in [-0.4, -0.2) is 17.9 Å². The first-order valence-corrected chi connectivity index (χ1v) is 6.42. The molecule has 1 heterocycles. The summed E-state index contributed by atoms with van der Waals surface area (Å²) >= 11 is 3.55. The van der Waals surface area contributed by atoms with Crippen LogP contribution in [0, 0.1) is 0 Å². The molecule has 1 aromatic heterocycles. The minimum absolute atomic E-state index is 0.205. The van der Waals surface area contributed by atoms with Gasteiger partial charge in [0.05, 0.1) is 18.3 Å². The van der Waals surface area contributed by atoms with E-state index in [4.69, 9.17) is 4.74 Å². The molecule has 3 rings (SSSR count). The molecule has 2 aromatic rings. The Morgan fingerprint density at radius 3 is 2.94 bits per heavy atom. The summed E-state index contributed by atoms with van der Waals surface area (Å²) in [4.78, 5) is 15.1. The van der Waals surface area contributed by atoms with Gasteiger partial charge in [0.1, 0.15) is 5.75 Å². The average molecular weight is 294 g/mol. The molecule has 1 aromatic carbocycles. The number of nitrogens with one attached hydrogen (secondary N) is 1. The number of aromatic nitrogens is 1. The van der Waals surface area contributed by atoms with Gasteiger partial charge in [0, 0.05) is 16.3 Å². The maximum atomic E-state index is 11.9. The third-order valence-electron chi connectivity index (χ3n) is 3.30. The molecular weight excluding hydrogens is 282 g/mol. The summed E-state index contributed by atoms with van der Waals surface area (Å²) in [6, 6.07) is 3.87.